The second kappa shape index (κ2) is 5.39. The van der Waals surface area contributed by atoms with E-state index in [1.807, 2.05) is 24.3 Å². The second-order valence-electron chi connectivity index (χ2n) is 3.24. The van der Waals surface area contributed by atoms with Gasteiger partial charge in [-0.15, -0.1) is 0 Å². The molecule has 0 saturated carbocycles. The van der Waals surface area contributed by atoms with Gasteiger partial charge in [-0.2, -0.15) is 0 Å². The van der Waals surface area contributed by atoms with Gasteiger partial charge in [0.2, 0.25) is 0 Å². The molecule has 0 unspecified atom stereocenters. The van der Waals surface area contributed by atoms with Crippen molar-refractivity contribution >= 4 is 21.6 Å². The molecule has 0 aromatic heterocycles. The number of halogens is 1. The molecule has 0 radical (unpaired) electrons. The Balaban J connectivity index is 2.13. The van der Waals surface area contributed by atoms with Crippen molar-refractivity contribution < 1.29 is 4.74 Å². The number of nitrogens with zero attached hydrogens (tertiary/aromatic N) is 3. The third kappa shape index (κ3) is 3.24. The molecule has 4 nitrogen and oxygen atoms in total. The van der Waals surface area contributed by atoms with Crippen molar-refractivity contribution in [3.63, 3.8) is 0 Å². The first-order chi connectivity index (χ1) is 8.28. The molecule has 0 heterocycles. The van der Waals surface area contributed by atoms with Crippen LogP contribution in [0.15, 0.2) is 58.1 Å². The molecule has 0 aliphatic heterocycles. The standard InChI is InChI=1S/C12H8BrN3O/c13-9-1-5-11(6-2-9)17-12-7-3-10(4-8-12)15-16-14/h1-8H. The van der Waals surface area contributed by atoms with E-state index in [0.29, 0.717) is 11.4 Å². The molecule has 84 valence electrons. The van der Waals surface area contributed by atoms with Crippen molar-refractivity contribution in [3.8, 4) is 11.5 Å². The first kappa shape index (κ1) is 11.5. The highest BCUT2D eigenvalue weighted by molar-refractivity contribution is 9.10. The van der Waals surface area contributed by atoms with E-state index in [1.54, 1.807) is 24.3 Å². The lowest BCUT2D eigenvalue weighted by Gasteiger charge is -2.05. The molecule has 0 saturated heterocycles. The van der Waals surface area contributed by atoms with Gasteiger partial charge < -0.3 is 4.74 Å². The van der Waals surface area contributed by atoms with Gasteiger partial charge in [0, 0.05) is 15.1 Å². The Kier molecular flexibility index (Phi) is 3.65. The van der Waals surface area contributed by atoms with Gasteiger partial charge in [-0.1, -0.05) is 21.0 Å². The van der Waals surface area contributed by atoms with E-state index >= 15 is 0 Å². The largest absolute Gasteiger partial charge is 0.457 e. The zero-order valence-corrected chi connectivity index (χ0v) is 10.3. The molecule has 0 spiro atoms. The highest BCUT2D eigenvalue weighted by Crippen LogP contribution is 2.25. The molecule has 2 rings (SSSR count). The summed E-state index contributed by atoms with van der Waals surface area (Å²) in [7, 11) is 0. The Hall–Kier alpha value is -1.97. The first-order valence-electron chi connectivity index (χ1n) is 4.86. The number of hydrogen-bond acceptors (Lipinski definition) is 2. The summed E-state index contributed by atoms with van der Waals surface area (Å²) < 4.78 is 6.61. The van der Waals surface area contributed by atoms with Crippen molar-refractivity contribution in [1.29, 1.82) is 0 Å². The highest BCUT2D eigenvalue weighted by atomic mass is 79.9. The Bertz CT molecular complexity index is 545. The van der Waals surface area contributed by atoms with E-state index in [-0.39, 0.29) is 0 Å². The maximum Gasteiger partial charge on any atom is 0.127 e. The van der Waals surface area contributed by atoms with Gasteiger partial charge in [0.25, 0.3) is 0 Å². The van der Waals surface area contributed by atoms with E-state index in [9.17, 15) is 0 Å². The van der Waals surface area contributed by atoms with Crippen LogP contribution in [0.25, 0.3) is 10.4 Å². The average Bonchev–Trinajstić information content (AvgIpc) is 2.35. The van der Waals surface area contributed by atoms with Crippen molar-refractivity contribution in [1.82, 2.24) is 0 Å². The van der Waals surface area contributed by atoms with Crippen LogP contribution in [0, 0.1) is 0 Å². The zero-order valence-electron chi connectivity index (χ0n) is 8.75. The van der Waals surface area contributed by atoms with Crippen LogP contribution in [0.2, 0.25) is 0 Å². The third-order valence-corrected chi connectivity index (χ3v) is 2.57. The predicted molar refractivity (Wildman–Crippen MR) is 69.5 cm³/mol. The van der Waals surface area contributed by atoms with Crippen LogP contribution >= 0.6 is 15.9 Å². The summed E-state index contributed by atoms with van der Waals surface area (Å²) >= 11 is 3.36. The summed E-state index contributed by atoms with van der Waals surface area (Å²) in [5.74, 6) is 1.45. The van der Waals surface area contributed by atoms with Gasteiger partial charge in [-0.05, 0) is 54.1 Å². The van der Waals surface area contributed by atoms with Crippen LogP contribution < -0.4 is 4.74 Å². The molecule has 0 bridgehead atoms. The molecule has 0 aliphatic rings. The molecule has 5 heteroatoms. The van der Waals surface area contributed by atoms with Gasteiger partial charge >= 0.3 is 0 Å². The van der Waals surface area contributed by atoms with Gasteiger partial charge in [0.05, 0.1) is 0 Å². The lowest BCUT2D eigenvalue weighted by molar-refractivity contribution is 0.482. The van der Waals surface area contributed by atoms with Crippen LogP contribution in [0.5, 0.6) is 11.5 Å². The second-order valence-corrected chi connectivity index (χ2v) is 4.16. The summed E-state index contributed by atoms with van der Waals surface area (Å²) in [5, 5.41) is 3.49. The van der Waals surface area contributed by atoms with Crippen LogP contribution in [0.3, 0.4) is 0 Å². The van der Waals surface area contributed by atoms with Crippen LogP contribution in [0.1, 0.15) is 0 Å². The molecule has 0 fully saturated rings. The molecule has 0 N–H and O–H groups in total. The van der Waals surface area contributed by atoms with Crippen molar-refractivity contribution in [3.05, 3.63) is 63.4 Å². The van der Waals surface area contributed by atoms with Gasteiger partial charge in [0.15, 0.2) is 0 Å². The fourth-order valence-electron chi connectivity index (χ4n) is 1.27. The number of benzene rings is 2. The van der Waals surface area contributed by atoms with Crippen molar-refractivity contribution in [2.75, 3.05) is 0 Å². The minimum atomic E-state index is 0.565. The van der Waals surface area contributed by atoms with E-state index in [4.69, 9.17) is 10.3 Å². The fraction of sp³-hybridized carbons (Fsp3) is 0. The maximum absolute atomic E-state index is 8.27. The minimum absolute atomic E-state index is 0.565. The zero-order chi connectivity index (χ0) is 12.1. The topological polar surface area (TPSA) is 58.0 Å². The monoisotopic (exact) mass is 289 g/mol. The molecular formula is C12H8BrN3O. The first-order valence-corrected chi connectivity index (χ1v) is 5.66. The molecule has 0 amide bonds. The van der Waals surface area contributed by atoms with E-state index in [2.05, 4.69) is 26.0 Å². The molecule has 2 aromatic rings. The van der Waals surface area contributed by atoms with Gasteiger partial charge in [0.1, 0.15) is 11.5 Å². The Labute approximate surface area is 107 Å². The number of ether oxygens (including phenoxy) is 1. The fourth-order valence-corrected chi connectivity index (χ4v) is 1.54. The molecular weight excluding hydrogens is 282 g/mol. The van der Waals surface area contributed by atoms with E-state index in [1.165, 1.54) is 0 Å². The van der Waals surface area contributed by atoms with Crippen LogP contribution in [0.4, 0.5) is 5.69 Å². The van der Waals surface area contributed by atoms with Crippen LogP contribution in [-0.2, 0) is 0 Å². The number of hydrogen-bond donors (Lipinski definition) is 0. The lowest BCUT2D eigenvalue weighted by Crippen LogP contribution is -1.82. The van der Waals surface area contributed by atoms with Crippen molar-refractivity contribution in [2.45, 2.75) is 0 Å². The highest BCUT2D eigenvalue weighted by Gasteiger charge is 1.97. The Morgan fingerprint density at radius 3 is 2.00 bits per heavy atom. The third-order valence-electron chi connectivity index (χ3n) is 2.05. The summed E-state index contributed by atoms with van der Waals surface area (Å²) in [6, 6.07) is 14.5. The van der Waals surface area contributed by atoms with E-state index < -0.39 is 0 Å². The molecule has 0 aliphatic carbocycles. The average molecular weight is 290 g/mol. The van der Waals surface area contributed by atoms with Gasteiger partial charge in [-0.25, -0.2) is 0 Å². The Morgan fingerprint density at radius 2 is 1.47 bits per heavy atom. The summed E-state index contributed by atoms with van der Waals surface area (Å²) in [6.45, 7) is 0. The van der Waals surface area contributed by atoms with Gasteiger partial charge in [-0.3, -0.25) is 0 Å². The predicted octanol–water partition coefficient (Wildman–Crippen LogP) is 5.18. The smallest absolute Gasteiger partial charge is 0.127 e. The molecule has 2 aromatic carbocycles. The molecule has 0 atom stereocenters. The number of azide groups is 1. The SMILES string of the molecule is [N-]=[N+]=Nc1ccc(Oc2ccc(Br)cc2)cc1. The molecule has 17 heavy (non-hydrogen) atoms. The van der Waals surface area contributed by atoms with Crippen LogP contribution in [-0.4, -0.2) is 0 Å². The quantitative estimate of drug-likeness (QED) is 0.436. The van der Waals surface area contributed by atoms with E-state index in [0.717, 1.165) is 10.2 Å². The number of rotatable bonds is 3. The summed E-state index contributed by atoms with van der Waals surface area (Å²) in [6.07, 6.45) is 0. The van der Waals surface area contributed by atoms with Crippen molar-refractivity contribution in [2.24, 2.45) is 5.11 Å². The summed E-state index contributed by atoms with van der Waals surface area (Å²) in [4.78, 5) is 2.71. The normalized spacial score (nSPS) is 9.47. The minimum Gasteiger partial charge on any atom is -0.457 e. The summed E-state index contributed by atoms with van der Waals surface area (Å²) in [5.41, 5.74) is 8.84. The maximum atomic E-state index is 8.27. The Morgan fingerprint density at radius 1 is 0.941 bits per heavy atom. The lowest BCUT2D eigenvalue weighted by atomic mass is 10.3.